The lowest BCUT2D eigenvalue weighted by Crippen LogP contribution is -2.46. The normalized spacial score (nSPS) is 11.9. The van der Waals surface area contributed by atoms with Crippen LogP contribution in [0.2, 0.25) is 0 Å². The molecule has 0 aromatic heterocycles. The molecule has 6 nitrogen and oxygen atoms in total. The Morgan fingerprint density at radius 1 is 1.53 bits per heavy atom. The summed E-state index contributed by atoms with van der Waals surface area (Å²) in [7, 11) is 0. The van der Waals surface area contributed by atoms with Gasteiger partial charge < -0.3 is 20.5 Å². The van der Waals surface area contributed by atoms with E-state index in [4.69, 9.17) is 20.6 Å². The second-order valence-corrected chi connectivity index (χ2v) is 2.91. The molecule has 0 radical (unpaired) electrons. The first-order chi connectivity index (χ1) is 7.11. The van der Waals surface area contributed by atoms with Crippen molar-refractivity contribution in [3.8, 4) is 0 Å². The van der Waals surface area contributed by atoms with Gasteiger partial charge in [0.05, 0.1) is 6.61 Å². The summed E-state index contributed by atoms with van der Waals surface area (Å²) in [5.74, 6) is -0.860. The van der Waals surface area contributed by atoms with Gasteiger partial charge in [0.1, 0.15) is 0 Å². The zero-order chi connectivity index (χ0) is 11.7. The highest BCUT2D eigenvalue weighted by Crippen LogP contribution is 1.95. The maximum atomic E-state index is 11.4. The number of rotatable bonds is 7. The van der Waals surface area contributed by atoms with Gasteiger partial charge in [-0.3, -0.25) is 5.41 Å². The summed E-state index contributed by atoms with van der Waals surface area (Å²) >= 11 is 0. The van der Waals surface area contributed by atoms with Crippen molar-refractivity contribution in [3.05, 3.63) is 0 Å². The van der Waals surface area contributed by atoms with Crippen LogP contribution in [-0.2, 0) is 14.3 Å². The van der Waals surface area contributed by atoms with E-state index in [1.54, 1.807) is 6.92 Å². The number of guanidine groups is 1. The van der Waals surface area contributed by atoms with Gasteiger partial charge in [-0.1, -0.05) is 13.3 Å². The van der Waals surface area contributed by atoms with Crippen LogP contribution >= 0.6 is 0 Å². The predicted molar refractivity (Wildman–Crippen MR) is 56.3 cm³/mol. The molecule has 1 atom stereocenters. The van der Waals surface area contributed by atoms with Crippen LogP contribution in [0.25, 0.3) is 0 Å². The highest BCUT2D eigenvalue weighted by molar-refractivity contribution is 5.82. The SMILES string of the molecule is CCCCOC(=O)C(NC(=N)N)OCC. The molecule has 0 aliphatic rings. The molecule has 4 N–H and O–H groups in total. The molecule has 0 aliphatic carbocycles. The highest BCUT2D eigenvalue weighted by Gasteiger charge is 2.20. The van der Waals surface area contributed by atoms with Crippen LogP contribution in [0.3, 0.4) is 0 Å². The van der Waals surface area contributed by atoms with Crippen LogP contribution in [0.1, 0.15) is 26.7 Å². The van der Waals surface area contributed by atoms with Crippen LogP contribution in [-0.4, -0.2) is 31.4 Å². The third kappa shape index (κ3) is 6.73. The molecule has 0 saturated heterocycles. The fourth-order valence-electron chi connectivity index (χ4n) is 0.869. The summed E-state index contributed by atoms with van der Waals surface area (Å²) in [6.45, 7) is 4.45. The van der Waals surface area contributed by atoms with Crippen molar-refractivity contribution in [2.24, 2.45) is 5.73 Å². The second kappa shape index (κ2) is 8.05. The molecule has 0 heterocycles. The minimum Gasteiger partial charge on any atom is -0.462 e. The number of esters is 1. The summed E-state index contributed by atoms with van der Waals surface area (Å²) in [6, 6.07) is 0. The molecule has 6 heteroatoms. The predicted octanol–water partition coefficient (Wildman–Crippen LogP) is 0.175. The number of nitrogens with two attached hydrogens (primary N) is 1. The lowest BCUT2D eigenvalue weighted by Gasteiger charge is -2.16. The average molecular weight is 217 g/mol. The van der Waals surface area contributed by atoms with Crippen LogP contribution in [0, 0.1) is 5.41 Å². The van der Waals surface area contributed by atoms with Crippen LogP contribution in [0.15, 0.2) is 0 Å². The highest BCUT2D eigenvalue weighted by atomic mass is 16.6. The van der Waals surface area contributed by atoms with Crippen molar-refractivity contribution in [2.75, 3.05) is 13.2 Å². The summed E-state index contributed by atoms with van der Waals surface area (Å²) in [5, 5.41) is 9.36. The molecular formula is C9H19N3O3. The molecule has 0 spiro atoms. The number of carbonyl (C=O) groups is 1. The van der Waals surface area contributed by atoms with Crippen molar-refractivity contribution in [1.82, 2.24) is 5.32 Å². The van der Waals surface area contributed by atoms with Crippen LogP contribution in [0.4, 0.5) is 0 Å². The minimum absolute atomic E-state index is 0.319. The fraction of sp³-hybridized carbons (Fsp3) is 0.778. The van der Waals surface area contributed by atoms with Crippen molar-refractivity contribution >= 4 is 11.9 Å². The molecular weight excluding hydrogens is 198 g/mol. The number of carbonyl (C=O) groups excluding carboxylic acids is 1. The molecule has 88 valence electrons. The quantitative estimate of drug-likeness (QED) is 0.186. The molecule has 0 rings (SSSR count). The number of ether oxygens (including phenoxy) is 2. The largest absolute Gasteiger partial charge is 0.462 e. The standard InChI is InChI=1S/C9H19N3O3/c1-3-5-6-15-8(13)7(14-4-2)12-9(10)11/h7H,3-6H2,1-2H3,(H4,10,11,12). The van der Waals surface area contributed by atoms with Gasteiger partial charge in [-0.15, -0.1) is 0 Å². The van der Waals surface area contributed by atoms with E-state index in [2.05, 4.69) is 5.32 Å². The summed E-state index contributed by atoms with van der Waals surface area (Å²) in [6.07, 6.45) is 0.779. The van der Waals surface area contributed by atoms with Gasteiger partial charge in [-0.25, -0.2) is 4.79 Å². The molecule has 0 aromatic carbocycles. The maximum Gasteiger partial charge on any atom is 0.356 e. The van der Waals surface area contributed by atoms with Crippen molar-refractivity contribution in [2.45, 2.75) is 32.9 Å². The Balaban J connectivity index is 3.98. The third-order valence-corrected chi connectivity index (χ3v) is 1.58. The Morgan fingerprint density at radius 2 is 2.20 bits per heavy atom. The Morgan fingerprint density at radius 3 is 2.67 bits per heavy atom. The Hall–Kier alpha value is -1.30. The second-order valence-electron chi connectivity index (χ2n) is 2.91. The smallest absolute Gasteiger partial charge is 0.356 e. The zero-order valence-corrected chi connectivity index (χ0v) is 9.21. The van der Waals surface area contributed by atoms with Gasteiger partial charge in [-0.2, -0.15) is 0 Å². The lowest BCUT2D eigenvalue weighted by atomic mass is 10.4. The van der Waals surface area contributed by atoms with E-state index in [1.165, 1.54) is 0 Å². The molecule has 0 amide bonds. The zero-order valence-electron chi connectivity index (χ0n) is 9.21. The van der Waals surface area contributed by atoms with Gasteiger partial charge in [0, 0.05) is 6.61 Å². The third-order valence-electron chi connectivity index (χ3n) is 1.58. The topological polar surface area (TPSA) is 97.4 Å². The maximum absolute atomic E-state index is 11.4. The minimum atomic E-state index is -0.982. The first-order valence-electron chi connectivity index (χ1n) is 5.00. The molecule has 0 aromatic rings. The first kappa shape index (κ1) is 13.7. The molecule has 0 fully saturated rings. The fourth-order valence-corrected chi connectivity index (χ4v) is 0.869. The van der Waals surface area contributed by atoms with Crippen LogP contribution < -0.4 is 11.1 Å². The number of unbranched alkanes of at least 4 members (excludes halogenated alkanes) is 1. The summed E-state index contributed by atoms with van der Waals surface area (Å²) in [5.41, 5.74) is 5.10. The van der Waals surface area contributed by atoms with Gasteiger partial charge in [0.2, 0.25) is 6.23 Å². The number of hydrogen-bond acceptors (Lipinski definition) is 4. The van der Waals surface area contributed by atoms with E-state index in [9.17, 15) is 4.79 Å². The van der Waals surface area contributed by atoms with E-state index in [1.807, 2.05) is 6.92 Å². The van der Waals surface area contributed by atoms with E-state index < -0.39 is 12.2 Å². The van der Waals surface area contributed by atoms with Gasteiger partial charge in [-0.05, 0) is 13.3 Å². The molecule has 0 saturated carbocycles. The monoisotopic (exact) mass is 217 g/mol. The average Bonchev–Trinajstić information content (AvgIpc) is 2.17. The number of nitrogens with one attached hydrogen (secondary N) is 2. The van der Waals surface area contributed by atoms with E-state index in [0.29, 0.717) is 13.2 Å². The number of hydrogen-bond donors (Lipinski definition) is 3. The van der Waals surface area contributed by atoms with Crippen molar-refractivity contribution in [1.29, 1.82) is 5.41 Å². The van der Waals surface area contributed by atoms with Crippen molar-refractivity contribution < 1.29 is 14.3 Å². The van der Waals surface area contributed by atoms with Crippen molar-refractivity contribution in [3.63, 3.8) is 0 Å². The molecule has 1 unspecified atom stereocenters. The lowest BCUT2D eigenvalue weighted by molar-refractivity contribution is -0.158. The van der Waals surface area contributed by atoms with Gasteiger partial charge >= 0.3 is 5.97 Å². The van der Waals surface area contributed by atoms with E-state index in [-0.39, 0.29) is 5.96 Å². The molecule has 0 aliphatic heterocycles. The Labute approximate surface area is 89.6 Å². The Bertz CT molecular complexity index is 209. The summed E-state index contributed by atoms with van der Waals surface area (Å²) in [4.78, 5) is 11.4. The molecule has 15 heavy (non-hydrogen) atoms. The van der Waals surface area contributed by atoms with Gasteiger partial charge in [0.15, 0.2) is 5.96 Å². The molecule has 0 bridgehead atoms. The van der Waals surface area contributed by atoms with Gasteiger partial charge in [0.25, 0.3) is 0 Å². The van der Waals surface area contributed by atoms with Crippen LogP contribution in [0.5, 0.6) is 0 Å². The Kier molecular flexibility index (Phi) is 7.35. The summed E-state index contributed by atoms with van der Waals surface area (Å²) < 4.78 is 9.96. The first-order valence-corrected chi connectivity index (χ1v) is 5.00. The van der Waals surface area contributed by atoms with E-state index in [0.717, 1.165) is 12.8 Å². The van der Waals surface area contributed by atoms with E-state index >= 15 is 0 Å².